The fraction of sp³-hybridized carbons (Fsp3) is 0.909. The average Bonchev–Trinajstić information content (AvgIpc) is 2.26. The first-order valence-corrected chi connectivity index (χ1v) is 5.81. The first-order chi connectivity index (χ1) is 7.19. The smallest absolute Gasteiger partial charge is 0.223 e. The lowest BCUT2D eigenvalue weighted by atomic mass is 10.1. The molecule has 1 fully saturated rings. The maximum atomic E-state index is 11.8. The molecule has 0 aromatic heterocycles. The first-order valence-electron chi connectivity index (χ1n) is 5.81. The fourth-order valence-corrected chi connectivity index (χ4v) is 2.00. The normalized spacial score (nSPS) is 23.1. The SMILES string of the molecule is CCC1CN(C(=O)CCNC)CCN1C. The molecule has 0 bridgehead atoms. The zero-order valence-corrected chi connectivity index (χ0v) is 10.1. The minimum absolute atomic E-state index is 0.288. The number of carbonyl (C=O) groups excluding carboxylic acids is 1. The number of nitrogens with zero attached hydrogens (tertiary/aromatic N) is 2. The lowest BCUT2D eigenvalue weighted by molar-refractivity contribution is -0.133. The van der Waals surface area contributed by atoms with E-state index in [1.807, 2.05) is 11.9 Å². The quantitative estimate of drug-likeness (QED) is 0.722. The third kappa shape index (κ3) is 3.47. The number of likely N-dealkylation sites (N-methyl/N-ethyl adjacent to an activating group) is 1. The second kappa shape index (κ2) is 6.08. The maximum absolute atomic E-state index is 11.8. The third-order valence-electron chi connectivity index (χ3n) is 3.19. The molecule has 1 unspecified atom stereocenters. The van der Waals surface area contributed by atoms with Crippen LogP contribution in [0.15, 0.2) is 0 Å². The van der Waals surface area contributed by atoms with Crippen molar-refractivity contribution in [3.05, 3.63) is 0 Å². The minimum atomic E-state index is 0.288. The first kappa shape index (κ1) is 12.5. The molecule has 1 aliphatic heterocycles. The van der Waals surface area contributed by atoms with Crippen molar-refractivity contribution in [2.75, 3.05) is 40.3 Å². The zero-order chi connectivity index (χ0) is 11.3. The predicted octanol–water partition coefficient (Wildman–Crippen LogP) is 0.149. The summed E-state index contributed by atoms with van der Waals surface area (Å²) in [5, 5.41) is 3.01. The van der Waals surface area contributed by atoms with Crippen LogP contribution < -0.4 is 5.32 Å². The molecule has 88 valence electrons. The molecule has 15 heavy (non-hydrogen) atoms. The Bertz CT molecular complexity index is 208. The molecule has 1 aliphatic rings. The van der Waals surface area contributed by atoms with Crippen molar-refractivity contribution in [2.24, 2.45) is 0 Å². The third-order valence-corrected chi connectivity index (χ3v) is 3.19. The van der Waals surface area contributed by atoms with Gasteiger partial charge in [-0.1, -0.05) is 6.92 Å². The molecule has 1 amide bonds. The summed E-state index contributed by atoms with van der Waals surface area (Å²) in [6, 6.07) is 0.539. The van der Waals surface area contributed by atoms with Gasteiger partial charge in [-0.3, -0.25) is 9.69 Å². The largest absolute Gasteiger partial charge is 0.340 e. The second-order valence-corrected chi connectivity index (χ2v) is 4.24. The van der Waals surface area contributed by atoms with Crippen molar-refractivity contribution in [1.29, 1.82) is 0 Å². The highest BCUT2D eigenvalue weighted by Crippen LogP contribution is 2.11. The van der Waals surface area contributed by atoms with Gasteiger partial charge < -0.3 is 10.2 Å². The Hall–Kier alpha value is -0.610. The van der Waals surface area contributed by atoms with Crippen LogP contribution in [0.5, 0.6) is 0 Å². The molecule has 4 nitrogen and oxygen atoms in total. The molecule has 1 rings (SSSR count). The van der Waals surface area contributed by atoms with Gasteiger partial charge in [-0.25, -0.2) is 0 Å². The molecular formula is C11H23N3O. The molecule has 1 atom stereocenters. The van der Waals surface area contributed by atoms with Gasteiger partial charge in [-0.2, -0.15) is 0 Å². The lowest BCUT2D eigenvalue weighted by Crippen LogP contribution is -2.53. The summed E-state index contributed by atoms with van der Waals surface area (Å²) in [7, 11) is 4.02. The molecule has 4 heteroatoms. The summed E-state index contributed by atoms with van der Waals surface area (Å²) in [6.45, 7) is 5.75. The van der Waals surface area contributed by atoms with E-state index in [1.54, 1.807) is 0 Å². The monoisotopic (exact) mass is 213 g/mol. The van der Waals surface area contributed by atoms with Gasteiger partial charge in [-0.05, 0) is 20.5 Å². The molecule has 0 spiro atoms. The summed E-state index contributed by atoms with van der Waals surface area (Å²) in [5.74, 6) is 0.288. The van der Waals surface area contributed by atoms with E-state index in [0.29, 0.717) is 12.5 Å². The van der Waals surface area contributed by atoms with Crippen LogP contribution in [0, 0.1) is 0 Å². The van der Waals surface area contributed by atoms with Crippen molar-refractivity contribution in [3.8, 4) is 0 Å². The van der Waals surface area contributed by atoms with E-state index in [4.69, 9.17) is 0 Å². The van der Waals surface area contributed by atoms with Crippen molar-refractivity contribution in [3.63, 3.8) is 0 Å². The summed E-state index contributed by atoms with van der Waals surface area (Å²) in [6.07, 6.45) is 1.74. The highest BCUT2D eigenvalue weighted by molar-refractivity contribution is 5.76. The Morgan fingerprint density at radius 3 is 2.80 bits per heavy atom. The topological polar surface area (TPSA) is 35.6 Å². The summed E-state index contributed by atoms with van der Waals surface area (Å²) in [5.41, 5.74) is 0. The van der Waals surface area contributed by atoms with E-state index in [1.165, 1.54) is 0 Å². The zero-order valence-electron chi connectivity index (χ0n) is 10.1. The van der Waals surface area contributed by atoms with Gasteiger partial charge >= 0.3 is 0 Å². The Kier molecular flexibility index (Phi) is 5.05. The Balaban J connectivity index is 2.40. The van der Waals surface area contributed by atoms with Gasteiger partial charge in [0.05, 0.1) is 0 Å². The fourth-order valence-electron chi connectivity index (χ4n) is 2.00. The summed E-state index contributed by atoms with van der Waals surface area (Å²) >= 11 is 0. The van der Waals surface area contributed by atoms with Gasteiger partial charge in [0.25, 0.3) is 0 Å². The Morgan fingerprint density at radius 1 is 1.47 bits per heavy atom. The van der Waals surface area contributed by atoms with E-state index in [-0.39, 0.29) is 5.91 Å². The number of nitrogens with one attached hydrogen (secondary N) is 1. The van der Waals surface area contributed by atoms with Crippen LogP contribution in [0.1, 0.15) is 19.8 Å². The van der Waals surface area contributed by atoms with Gasteiger partial charge in [-0.15, -0.1) is 0 Å². The van der Waals surface area contributed by atoms with Gasteiger partial charge in [0, 0.05) is 38.6 Å². The number of hydrogen-bond donors (Lipinski definition) is 1. The van der Waals surface area contributed by atoms with Crippen LogP contribution in [0.2, 0.25) is 0 Å². The van der Waals surface area contributed by atoms with Crippen molar-refractivity contribution in [2.45, 2.75) is 25.8 Å². The van der Waals surface area contributed by atoms with Crippen molar-refractivity contribution < 1.29 is 4.79 Å². The molecule has 1 N–H and O–H groups in total. The molecule has 1 heterocycles. The number of carbonyl (C=O) groups is 1. The van der Waals surface area contributed by atoms with Crippen LogP contribution in [0.4, 0.5) is 0 Å². The molecule has 0 radical (unpaired) electrons. The molecule has 1 saturated heterocycles. The molecular weight excluding hydrogens is 190 g/mol. The Morgan fingerprint density at radius 2 is 2.20 bits per heavy atom. The lowest BCUT2D eigenvalue weighted by Gasteiger charge is -2.39. The van der Waals surface area contributed by atoms with Gasteiger partial charge in [0.15, 0.2) is 0 Å². The molecule has 0 aromatic rings. The number of hydrogen-bond acceptors (Lipinski definition) is 3. The van der Waals surface area contributed by atoms with E-state index in [9.17, 15) is 4.79 Å². The van der Waals surface area contributed by atoms with E-state index < -0.39 is 0 Å². The van der Waals surface area contributed by atoms with Crippen LogP contribution in [0.3, 0.4) is 0 Å². The van der Waals surface area contributed by atoms with Crippen LogP contribution >= 0.6 is 0 Å². The molecule has 0 saturated carbocycles. The summed E-state index contributed by atoms with van der Waals surface area (Å²) < 4.78 is 0. The molecule has 0 aliphatic carbocycles. The maximum Gasteiger partial charge on any atom is 0.223 e. The van der Waals surface area contributed by atoms with E-state index in [0.717, 1.165) is 32.6 Å². The number of amides is 1. The van der Waals surface area contributed by atoms with Crippen LogP contribution in [-0.2, 0) is 4.79 Å². The van der Waals surface area contributed by atoms with Crippen molar-refractivity contribution >= 4 is 5.91 Å². The van der Waals surface area contributed by atoms with E-state index in [2.05, 4.69) is 24.2 Å². The average molecular weight is 213 g/mol. The van der Waals surface area contributed by atoms with Crippen molar-refractivity contribution in [1.82, 2.24) is 15.1 Å². The standard InChI is InChI=1S/C11H23N3O/c1-4-10-9-14(8-7-13(10)3)11(15)5-6-12-2/h10,12H,4-9H2,1-3H3. The van der Waals surface area contributed by atoms with Gasteiger partial charge in [0.2, 0.25) is 5.91 Å². The highest BCUT2D eigenvalue weighted by Gasteiger charge is 2.25. The summed E-state index contributed by atoms with van der Waals surface area (Å²) in [4.78, 5) is 16.1. The second-order valence-electron chi connectivity index (χ2n) is 4.24. The van der Waals surface area contributed by atoms with E-state index >= 15 is 0 Å². The predicted molar refractivity (Wildman–Crippen MR) is 61.8 cm³/mol. The number of piperazine rings is 1. The van der Waals surface area contributed by atoms with Gasteiger partial charge in [0.1, 0.15) is 0 Å². The number of rotatable bonds is 4. The highest BCUT2D eigenvalue weighted by atomic mass is 16.2. The van der Waals surface area contributed by atoms with Crippen LogP contribution in [0.25, 0.3) is 0 Å². The Labute approximate surface area is 92.6 Å². The van der Waals surface area contributed by atoms with Crippen LogP contribution in [-0.4, -0.2) is 62.0 Å². The molecule has 0 aromatic carbocycles. The minimum Gasteiger partial charge on any atom is -0.340 e.